The molecule has 1 aliphatic rings. The highest BCUT2D eigenvalue weighted by molar-refractivity contribution is 5.22. The number of rotatable bonds is 8. The molecule has 0 atom stereocenters. The summed E-state index contributed by atoms with van der Waals surface area (Å²) < 4.78 is 5.47. The normalized spacial score (nSPS) is 22.0. The third kappa shape index (κ3) is 5.81. The number of aryl methyl sites for hydroxylation is 1. The Morgan fingerprint density at radius 1 is 1.09 bits per heavy atom. The first-order chi connectivity index (χ1) is 10.8. The van der Waals surface area contributed by atoms with Crippen molar-refractivity contribution in [3.63, 3.8) is 0 Å². The van der Waals surface area contributed by atoms with Gasteiger partial charge in [0.15, 0.2) is 0 Å². The number of benzene rings is 1. The van der Waals surface area contributed by atoms with E-state index in [1.54, 1.807) is 6.08 Å². The molecule has 0 heterocycles. The molecule has 0 amide bonds. The highest BCUT2D eigenvalue weighted by Crippen LogP contribution is 2.32. The van der Waals surface area contributed by atoms with Gasteiger partial charge in [0.1, 0.15) is 0 Å². The predicted octanol–water partition coefficient (Wildman–Crippen LogP) is 5.70. The minimum atomic E-state index is 0.623. The van der Waals surface area contributed by atoms with Gasteiger partial charge in [0, 0.05) is 0 Å². The molecule has 1 aromatic carbocycles. The lowest BCUT2D eigenvalue weighted by Crippen LogP contribution is -2.13. The molecular formula is C21H30O. The van der Waals surface area contributed by atoms with Crippen molar-refractivity contribution >= 4 is 0 Å². The molecule has 1 aliphatic carbocycles. The van der Waals surface area contributed by atoms with Crippen LogP contribution in [0, 0.1) is 11.8 Å². The Hall–Kier alpha value is -1.34. The fraction of sp³-hybridized carbons (Fsp3) is 0.524. The summed E-state index contributed by atoms with van der Waals surface area (Å²) in [5, 5.41) is 0. The van der Waals surface area contributed by atoms with E-state index in [4.69, 9.17) is 4.74 Å². The van der Waals surface area contributed by atoms with Crippen LogP contribution >= 0.6 is 0 Å². The molecular weight excluding hydrogens is 268 g/mol. The predicted molar refractivity (Wildman–Crippen MR) is 94.9 cm³/mol. The smallest absolute Gasteiger partial charge is 0.0721 e. The van der Waals surface area contributed by atoms with Crippen molar-refractivity contribution in [2.75, 3.05) is 6.61 Å². The molecule has 120 valence electrons. The molecule has 22 heavy (non-hydrogen) atoms. The SMILES string of the molecule is C=CCOCc1ccc(CCC2CCC(C=CC)CC2)cc1. The van der Waals surface area contributed by atoms with E-state index >= 15 is 0 Å². The fourth-order valence-electron chi connectivity index (χ4n) is 3.37. The van der Waals surface area contributed by atoms with Gasteiger partial charge in [-0.1, -0.05) is 42.5 Å². The van der Waals surface area contributed by atoms with Gasteiger partial charge in [-0.15, -0.1) is 6.58 Å². The molecule has 0 spiro atoms. The molecule has 0 bridgehead atoms. The van der Waals surface area contributed by atoms with Gasteiger partial charge in [-0.3, -0.25) is 0 Å². The third-order valence-corrected chi connectivity index (χ3v) is 4.72. The molecule has 1 saturated carbocycles. The maximum Gasteiger partial charge on any atom is 0.0721 e. The van der Waals surface area contributed by atoms with Crippen LogP contribution in [-0.2, 0) is 17.8 Å². The molecule has 1 aromatic rings. The van der Waals surface area contributed by atoms with Gasteiger partial charge in [0.2, 0.25) is 0 Å². The van der Waals surface area contributed by atoms with Crippen LogP contribution in [0.1, 0.15) is 50.2 Å². The van der Waals surface area contributed by atoms with Crippen molar-refractivity contribution < 1.29 is 4.74 Å². The number of ether oxygens (including phenoxy) is 1. The van der Waals surface area contributed by atoms with Crippen molar-refractivity contribution in [2.24, 2.45) is 11.8 Å². The average molecular weight is 298 g/mol. The zero-order valence-corrected chi connectivity index (χ0v) is 14.0. The van der Waals surface area contributed by atoms with Crippen LogP contribution in [0.25, 0.3) is 0 Å². The van der Waals surface area contributed by atoms with Crippen molar-refractivity contribution in [3.05, 3.63) is 60.2 Å². The summed E-state index contributed by atoms with van der Waals surface area (Å²) in [4.78, 5) is 0. The Kier molecular flexibility index (Phi) is 7.45. The quantitative estimate of drug-likeness (QED) is 0.441. The lowest BCUT2D eigenvalue weighted by Gasteiger charge is -2.26. The van der Waals surface area contributed by atoms with Crippen molar-refractivity contribution in [1.29, 1.82) is 0 Å². The summed E-state index contributed by atoms with van der Waals surface area (Å²) in [6.45, 7) is 7.10. The molecule has 0 aliphatic heterocycles. The number of hydrogen-bond donors (Lipinski definition) is 0. The monoisotopic (exact) mass is 298 g/mol. The second-order valence-electron chi connectivity index (χ2n) is 6.47. The summed E-state index contributed by atoms with van der Waals surface area (Å²) >= 11 is 0. The fourth-order valence-corrected chi connectivity index (χ4v) is 3.37. The van der Waals surface area contributed by atoms with Gasteiger partial charge in [-0.2, -0.15) is 0 Å². The topological polar surface area (TPSA) is 9.23 Å². The molecule has 1 fully saturated rings. The van der Waals surface area contributed by atoms with Crippen LogP contribution in [0.3, 0.4) is 0 Å². The highest BCUT2D eigenvalue weighted by Gasteiger charge is 2.18. The molecule has 1 heteroatoms. The van der Waals surface area contributed by atoms with Crippen LogP contribution in [0.2, 0.25) is 0 Å². The van der Waals surface area contributed by atoms with Gasteiger partial charge in [-0.05, 0) is 68.4 Å². The van der Waals surface area contributed by atoms with E-state index in [1.807, 2.05) is 0 Å². The van der Waals surface area contributed by atoms with Gasteiger partial charge in [-0.25, -0.2) is 0 Å². The molecule has 0 unspecified atom stereocenters. The van der Waals surface area contributed by atoms with E-state index in [0.29, 0.717) is 13.2 Å². The summed E-state index contributed by atoms with van der Waals surface area (Å²) in [7, 11) is 0. The Morgan fingerprint density at radius 2 is 1.77 bits per heavy atom. The second kappa shape index (κ2) is 9.63. The van der Waals surface area contributed by atoms with E-state index in [2.05, 4.69) is 49.9 Å². The zero-order chi connectivity index (χ0) is 15.6. The second-order valence-corrected chi connectivity index (χ2v) is 6.47. The maximum atomic E-state index is 5.47. The lowest BCUT2D eigenvalue weighted by atomic mass is 9.79. The van der Waals surface area contributed by atoms with Crippen molar-refractivity contribution in [2.45, 2.75) is 52.1 Å². The van der Waals surface area contributed by atoms with Crippen LogP contribution in [-0.4, -0.2) is 6.61 Å². The minimum absolute atomic E-state index is 0.623. The molecule has 0 N–H and O–H groups in total. The van der Waals surface area contributed by atoms with E-state index in [-0.39, 0.29) is 0 Å². The van der Waals surface area contributed by atoms with E-state index in [1.165, 1.54) is 49.7 Å². The van der Waals surface area contributed by atoms with Crippen molar-refractivity contribution in [1.82, 2.24) is 0 Å². The molecule has 2 rings (SSSR count). The first-order valence-electron chi connectivity index (χ1n) is 8.71. The van der Waals surface area contributed by atoms with E-state index in [9.17, 15) is 0 Å². The van der Waals surface area contributed by atoms with E-state index < -0.39 is 0 Å². The molecule has 0 saturated heterocycles. The van der Waals surface area contributed by atoms with Gasteiger partial charge in [0.25, 0.3) is 0 Å². The minimum Gasteiger partial charge on any atom is -0.373 e. The van der Waals surface area contributed by atoms with Crippen molar-refractivity contribution in [3.8, 4) is 0 Å². The Morgan fingerprint density at radius 3 is 2.41 bits per heavy atom. The third-order valence-electron chi connectivity index (χ3n) is 4.72. The molecule has 0 radical (unpaired) electrons. The maximum absolute atomic E-state index is 5.47. The van der Waals surface area contributed by atoms with Gasteiger partial charge < -0.3 is 4.74 Å². The average Bonchev–Trinajstić information content (AvgIpc) is 2.56. The largest absolute Gasteiger partial charge is 0.373 e. The summed E-state index contributed by atoms with van der Waals surface area (Å²) in [6, 6.07) is 8.92. The van der Waals surface area contributed by atoms with Gasteiger partial charge in [0.05, 0.1) is 13.2 Å². The lowest BCUT2D eigenvalue weighted by molar-refractivity contribution is 0.149. The first kappa shape index (κ1) is 17.0. The molecule has 1 nitrogen and oxygen atoms in total. The first-order valence-corrected chi connectivity index (χ1v) is 8.71. The Bertz CT molecular complexity index is 449. The van der Waals surface area contributed by atoms with Crippen LogP contribution in [0.5, 0.6) is 0 Å². The highest BCUT2D eigenvalue weighted by atomic mass is 16.5. The number of hydrogen-bond acceptors (Lipinski definition) is 1. The van der Waals surface area contributed by atoms with E-state index in [0.717, 1.165) is 11.8 Å². The zero-order valence-electron chi connectivity index (χ0n) is 14.0. The van der Waals surface area contributed by atoms with Crippen LogP contribution in [0.15, 0.2) is 49.1 Å². The summed E-state index contributed by atoms with van der Waals surface area (Å²) in [6.07, 6.45) is 14.5. The summed E-state index contributed by atoms with van der Waals surface area (Å²) in [5.74, 6) is 1.77. The summed E-state index contributed by atoms with van der Waals surface area (Å²) in [5.41, 5.74) is 2.71. The van der Waals surface area contributed by atoms with Gasteiger partial charge >= 0.3 is 0 Å². The standard InChI is InChI=1S/C21H30O/c1-3-5-18-6-8-19(9-7-18)10-11-20-12-14-21(15-13-20)17-22-16-4-2/h3-5,12-15,18-19H,2,6-11,16-17H2,1H3. The van der Waals surface area contributed by atoms with Crippen LogP contribution in [0.4, 0.5) is 0 Å². The number of allylic oxidation sites excluding steroid dienone is 2. The van der Waals surface area contributed by atoms with Crippen LogP contribution < -0.4 is 0 Å². The Labute approximate surface area is 136 Å². The molecule has 0 aromatic heterocycles. The Balaban J connectivity index is 1.70.